The van der Waals surface area contributed by atoms with Crippen molar-refractivity contribution in [2.24, 2.45) is 5.92 Å². The number of β-lactam (4-membered cyclic amide) rings is 1. The lowest BCUT2D eigenvalue weighted by Gasteiger charge is -2.44. The van der Waals surface area contributed by atoms with E-state index < -0.39 is 23.4 Å². The summed E-state index contributed by atoms with van der Waals surface area (Å²) in [5, 5.41) is 21.1. The molecule has 0 radical (unpaired) electrons. The van der Waals surface area contributed by atoms with E-state index in [4.69, 9.17) is 4.74 Å². The number of aliphatic hydroxyl groups is 1. The van der Waals surface area contributed by atoms with Gasteiger partial charge >= 0.3 is 0 Å². The molecule has 1 amide bonds. The van der Waals surface area contributed by atoms with Gasteiger partial charge in [-0.2, -0.15) is 4.57 Å². The topological polar surface area (TPSA) is 93.8 Å². The fourth-order valence-electron chi connectivity index (χ4n) is 3.51. The lowest BCUT2D eigenvalue weighted by molar-refractivity contribution is -0.688. The highest BCUT2D eigenvalue weighted by Gasteiger charge is 2.56. The van der Waals surface area contributed by atoms with Crippen LogP contribution in [-0.2, 0) is 16.1 Å². The summed E-state index contributed by atoms with van der Waals surface area (Å²) < 4.78 is 7.76. The number of aliphatic hydroxyl groups excluding tert-OH is 1. The van der Waals surface area contributed by atoms with Gasteiger partial charge in [-0.1, -0.05) is 35.7 Å². The molecule has 2 aliphatic heterocycles. The van der Waals surface area contributed by atoms with Crippen LogP contribution in [0, 0.1) is 5.92 Å². The summed E-state index contributed by atoms with van der Waals surface area (Å²) in [6.45, 7) is 2.22. The van der Waals surface area contributed by atoms with Gasteiger partial charge in [0.2, 0.25) is 12.1 Å². The zero-order chi connectivity index (χ0) is 21.4. The van der Waals surface area contributed by atoms with Crippen molar-refractivity contribution < 1.29 is 29.1 Å². The van der Waals surface area contributed by atoms with Crippen LogP contribution >= 0.6 is 23.5 Å². The molecular formula is C21H20N2O5S2. The minimum atomic E-state index is -1.38. The average Bonchev–Trinajstić information content (AvgIpc) is 3.03. The zero-order valence-corrected chi connectivity index (χ0v) is 18.0. The van der Waals surface area contributed by atoms with Gasteiger partial charge in [-0.3, -0.25) is 9.69 Å². The molecule has 2 aliphatic rings. The summed E-state index contributed by atoms with van der Waals surface area (Å²) in [5.74, 6) is -1.57. The number of benzene rings is 1. The predicted molar refractivity (Wildman–Crippen MR) is 110 cm³/mol. The number of hydrogen-bond acceptors (Lipinski definition) is 7. The maximum Gasteiger partial charge on any atom is 0.236 e. The fourth-order valence-corrected chi connectivity index (χ4v) is 6.37. The number of amides is 1. The van der Waals surface area contributed by atoms with E-state index >= 15 is 0 Å². The van der Waals surface area contributed by atoms with Crippen LogP contribution in [0.25, 0.3) is 0 Å². The van der Waals surface area contributed by atoms with Gasteiger partial charge in [0.25, 0.3) is 0 Å². The second kappa shape index (κ2) is 8.33. The molecule has 3 heterocycles. The van der Waals surface area contributed by atoms with E-state index in [2.05, 4.69) is 0 Å². The largest absolute Gasteiger partial charge is 0.543 e. The van der Waals surface area contributed by atoms with E-state index in [0.717, 1.165) is 16.2 Å². The van der Waals surface area contributed by atoms with Crippen molar-refractivity contribution >= 4 is 35.4 Å². The number of hydrogen-bond donors (Lipinski definition) is 1. The quantitative estimate of drug-likeness (QED) is 0.502. The summed E-state index contributed by atoms with van der Waals surface area (Å²) in [4.78, 5) is 26.0. The lowest BCUT2D eigenvalue weighted by Crippen LogP contribution is -2.61. The molecule has 3 atom stereocenters. The molecule has 2 aromatic rings. The summed E-state index contributed by atoms with van der Waals surface area (Å²) in [6.07, 6.45) is 3.04. The van der Waals surface area contributed by atoms with Gasteiger partial charge in [0.1, 0.15) is 5.37 Å². The number of ether oxygens (including phenoxy) is 1. The van der Waals surface area contributed by atoms with Crippen molar-refractivity contribution in [1.29, 1.82) is 0 Å². The summed E-state index contributed by atoms with van der Waals surface area (Å²) in [5.41, 5.74) is 0.979. The number of methoxy groups -OCH3 is 1. The number of fused-ring (bicyclic) bond motifs is 1. The first-order valence-corrected chi connectivity index (χ1v) is 11.0. The Morgan fingerprint density at radius 3 is 2.73 bits per heavy atom. The van der Waals surface area contributed by atoms with Gasteiger partial charge in [-0.25, -0.2) is 0 Å². The van der Waals surface area contributed by atoms with Crippen molar-refractivity contribution in [3.63, 3.8) is 0 Å². The first kappa shape index (κ1) is 20.8. The van der Waals surface area contributed by atoms with E-state index in [1.807, 2.05) is 53.4 Å². The zero-order valence-electron chi connectivity index (χ0n) is 16.3. The van der Waals surface area contributed by atoms with Gasteiger partial charge in [-0.05, 0) is 25.1 Å². The Morgan fingerprint density at radius 1 is 1.37 bits per heavy atom. The van der Waals surface area contributed by atoms with Crippen molar-refractivity contribution in [3.05, 3.63) is 64.3 Å². The number of carboxylic acid groups (broad SMARTS) is 1. The van der Waals surface area contributed by atoms with Gasteiger partial charge in [0.15, 0.2) is 18.5 Å². The minimum absolute atomic E-state index is 0.104. The third kappa shape index (κ3) is 3.80. The van der Waals surface area contributed by atoms with E-state index in [0.29, 0.717) is 10.8 Å². The lowest BCUT2D eigenvalue weighted by atomic mass is 9.92. The minimum Gasteiger partial charge on any atom is -0.543 e. The normalized spacial score (nSPS) is 21.3. The van der Waals surface area contributed by atoms with Crippen LogP contribution in [0.3, 0.4) is 0 Å². The molecule has 1 saturated heterocycles. The van der Waals surface area contributed by atoms with Crippen LogP contribution in [0.5, 0.6) is 5.75 Å². The van der Waals surface area contributed by atoms with Gasteiger partial charge in [0.05, 0.1) is 35.0 Å². The summed E-state index contributed by atoms with van der Waals surface area (Å²) in [7, 11) is 1.63. The number of nitrogens with zero attached hydrogens (tertiary/aromatic N) is 2. The number of carboxylic acids is 1. The van der Waals surface area contributed by atoms with Gasteiger partial charge < -0.3 is 19.7 Å². The highest BCUT2D eigenvalue weighted by molar-refractivity contribution is 8.22. The Hall–Kier alpha value is -2.49. The molecule has 156 valence electrons. The summed E-state index contributed by atoms with van der Waals surface area (Å²) in [6, 6.07) is 11.6. The van der Waals surface area contributed by atoms with Gasteiger partial charge in [0, 0.05) is 16.5 Å². The molecule has 7 nitrogen and oxygen atoms in total. The van der Waals surface area contributed by atoms with Crippen molar-refractivity contribution in [1.82, 2.24) is 4.90 Å². The Kier molecular flexibility index (Phi) is 5.77. The smallest absolute Gasteiger partial charge is 0.236 e. The van der Waals surface area contributed by atoms with E-state index in [9.17, 15) is 19.8 Å². The molecule has 0 unspecified atom stereocenters. The van der Waals surface area contributed by atoms with Crippen molar-refractivity contribution in [2.75, 3.05) is 7.11 Å². The molecule has 9 heteroatoms. The van der Waals surface area contributed by atoms with Crippen molar-refractivity contribution in [3.8, 4) is 5.75 Å². The van der Waals surface area contributed by atoms with Crippen LogP contribution in [0.2, 0.25) is 0 Å². The molecule has 4 rings (SSSR count). The monoisotopic (exact) mass is 444 g/mol. The number of pyridine rings is 1. The Bertz CT molecular complexity index is 1020. The van der Waals surface area contributed by atoms with Crippen LogP contribution in [0.15, 0.2) is 63.6 Å². The van der Waals surface area contributed by atoms with Crippen LogP contribution in [0.1, 0.15) is 12.5 Å². The maximum absolute atomic E-state index is 12.3. The van der Waals surface area contributed by atoms with E-state index in [-0.39, 0.29) is 11.6 Å². The number of carbonyl (C=O) groups excluding carboxylic acids is 2. The maximum atomic E-state index is 12.3. The highest BCUT2D eigenvalue weighted by atomic mass is 32.2. The Morgan fingerprint density at radius 2 is 2.10 bits per heavy atom. The Labute approximate surface area is 182 Å². The molecule has 1 aromatic heterocycles. The number of aromatic nitrogens is 1. The molecule has 0 saturated carbocycles. The number of thioether (sulfide) groups is 2. The van der Waals surface area contributed by atoms with Crippen LogP contribution < -0.4 is 14.4 Å². The highest BCUT2D eigenvalue weighted by Crippen LogP contribution is 2.54. The molecule has 1 fully saturated rings. The molecule has 1 aromatic carbocycles. The fraction of sp³-hybridized carbons (Fsp3) is 0.286. The molecule has 0 bridgehead atoms. The predicted octanol–water partition coefficient (Wildman–Crippen LogP) is 0.954. The third-order valence-electron chi connectivity index (χ3n) is 5.03. The van der Waals surface area contributed by atoms with Crippen molar-refractivity contribution in [2.45, 2.75) is 29.8 Å². The number of aliphatic carboxylic acids is 1. The first-order chi connectivity index (χ1) is 14.4. The Balaban J connectivity index is 1.49. The standard InChI is InChI=1S/C21H20N2O5S2/c1-12(24)16-18(25)23-17(20(26)27)21(30-19(16)23)29-15-7-5-13(6-8-15)10-22-9-3-4-14(11-22)28-2/h3-9,11-12,16,19,24H,10H2,1-2H3/t12-,16+,19-/m1/s1. The molecule has 0 aliphatic carbocycles. The SMILES string of the molecule is COc1ccc[n+](Cc2ccc(SC3=C(C(=O)[O-])N4C(=O)[C@H]([C@@H](C)O)[C@H]4S3)cc2)c1. The van der Waals surface area contributed by atoms with E-state index in [1.54, 1.807) is 14.0 Å². The number of rotatable bonds is 7. The van der Waals surface area contributed by atoms with E-state index in [1.165, 1.54) is 28.4 Å². The van der Waals surface area contributed by atoms with Gasteiger partial charge in [-0.15, -0.1) is 0 Å². The number of carbonyl (C=O) groups is 2. The second-order valence-corrected chi connectivity index (χ2v) is 9.54. The first-order valence-electron chi connectivity index (χ1n) is 9.32. The second-order valence-electron chi connectivity index (χ2n) is 7.07. The molecule has 0 spiro atoms. The van der Waals surface area contributed by atoms with Crippen LogP contribution in [0.4, 0.5) is 0 Å². The average molecular weight is 445 g/mol. The molecule has 1 N–H and O–H groups in total. The summed E-state index contributed by atoms with van der Waals surface area (Å²) >= 11 is 2.58. The molecular weight excluding hydrogens is 424 g/mol. The third-order valence-corrected chi connectivity index (χ3v) is 7.60. The van der Waals surface area contributed by atoms with Crippen LogP contribution in [-0.4, -0.2) is 40.5 Å². The molecule has 30 heavy (non-hydrogen) atoms.